The molecule has 0 saturated carbocycles. The van der Waals surface area contributed by atoms with Gasteiger partial charge in [0.05, 0.1) is 13.0 Å². The Bertz CT molecular complexity index is 1260. The average molecular weight is 462 g/mol. The van der Waals surface area contributed by atoms with Gasteiger partial charge in [-0.2, -0.15) is 0 Å². The molecule has 4 aromatic carbocycles. The lowest BCUT2D eigenvalue weighted by Crippen LogP contribution is -2.12. The predicted octanol–water partition coefficient (Wildman–Crippen LogP) is 7.00. The van der Waals surface area contributed by atoms with Gasteiger partial charge in [0.25, 0.3) is 0 Å². The molecule has 4 heteroatoms. The number of nitrogens with zero attached hydrogens (tertiary/aromatic N) is 1. The molecule has 0 radical (unpaired) electrons. The minimum Gasteiger partial charge on any atom is -0.465 e. The summed E-state index contributed by atoms with van der Waals surface area (Å²) in [6.45, 7) is 0.321. The number of anilines is 3. The second-order valence-corrected chi connectivity index (χ2v) is 8.76. The highest BCUT2D eigenvalue weighted by molar-refractivity contribution is 6.01. The van der Waals surface area contributed by atoms with Crippen LogP contribution in [-0.2, 0) is 16.0 Å². The number of rotatable bonds is 8. The Hall–Kier alpha value is -4.18. The normalized spacial score (nSPS) is 14.4. The molecule has 1 aliphatic rings. The third-order valence-corrected chi connectivity index (χ3v) is 6.42. The van der Waals surface area contributed by atoms with Crippen LogP contribution in [0.15, 0.2) is 109 Å². The van der Waals surface area contributed by atoms with Crippen molar-refractivity contribution >= 4 is 28.8 Å². The SMILES string of the molecule is O=C(CC1CC(=O)c2ccccc21)OCCc1ccc(N(c2ccccc2)c2ccccc2)cc1. The predicted molar refractivity (Wildman–Crippen MR) is 139 cm³/mol. The van der Waals surface area contributed by atoms with E-state index in [0.717, 1.165) is 33.8 Å². The zero-order valence-electron chi connectivity index (χ0n) is 19.5. The van der Waals surface area contributed by atoms with Gasteiger partial charge in [-0.25, -0.2) is 0 Å². The number of hydrogen-bond donors (Lipinski definition) is 0. The van der Waals surface area contributed by atoms with Crippen LogP contribution in [0, 0.1) is 0 Å². The Morgan fingerprint density at radius 3 is 1.97 bits per heavy atom. The highest BCUT2D eigenvalue weighted by atomic mass is 16.5. The first-order valence-corrected chi connectivity index (χ1v) is 12.0. The monoisotopic (exact) mass is 461 g/mol. The molecule has 0 bridgehead atoms. The van der Waals surface area contributed by atoms with Crippen molar-refractivity contribution in [1.82, 2.24) is 0 Å². The Morgan fingerprint density at radius 1 is 0.743 bits per heavy atom. The van der Waals surface area contributed by atoms with E-state index in [4.69, 9.17) is 4.74 Å². The Balaban J connectivity index is 1.20. The van der Waals surface area contributed by atoms with Crippen LogP contribution < -0.4 is 4.90 Å². The number of carbonyl (C=O) groups excluding carboxylic acids is 2. The van der Waals surface area contributed by atoms with Gasteiger partial charge in [0, 0.05) is 41.4 Å². The average Bonchev–Trinajstić information content (AvgIpc) is 3.21. The molecule has 1 atom stereocenters. The van der Waals surface area contributed by atoms with Gasteiger partial charge in [0.1, 0.15) is 0 Å². The van der Waals surface area contributed by atoms with E-state index in [1.807, 2.05) is 60.7 Å². The Kier molecular flexibility index (Phi) is 6.71. The summed E-state index contributed by atoms with van der Waals surface area (Å²) in [6.07, 6.45) is 1.27. The third kappa shape index (κ3) is 5.17. The highest BCUT2D eigenvalue weighted by Crippen LogP contribution is 2.36. The van der Waals surface area contributed by atoms with Crippen molar-refractivity contribution in [2.24, 2.45) is 0 Å². The number of carbonyl (C=O) groups is 2. The summed E-state index contributed by atoms with van der Waals surface area (Å²) in [4.78, 5) is 26.8. The first-order valence-electron chi connectivity index (χ1n) is 12.0. The number of Topliss-reactive ketones (excluding diaryl/α,β-unsaturated/α-hetero) is 1. The largest absolute Gasteiger partial charge is 0.465 e. The fraction of sp³-hybridized carbons (Fsp3) is 0.161. The number of fused-ring (bicyclic) bond motifs is 1. The molecule has 0 saturated heterocycles. The molecule has 4 nitrogen and oxygen atoms in total. The standard InChI is InChI=1S/C31H27NO3/c33-30-21-24(28-13-7-8-14-29(28)30)22-31(34)35-20-19-23-15-17-27(18-16-23)32(25-9-3-1-4-10-25)26-11-5-2-6-12-26/h1-18,24H,19-22H2. The molecule has 5 rings (SSSR count). The molecule has 4 aromatic rings. The smallest absolute Gasteiger partial charge is 0.306 e. The van der Waals surface area contributed by atoms with E-state index in [0.29, 0.717) is 19.4 Å². The number of esters is 1. The van der Waals surface area contributed by atoms with E-state index in [9.17, 15) is 9.59 Å². The summed E-state index contributed by atoms with van der Waals surface area (Å²) in [5, 5.41) is 0. The van der Waals surface area contributed by atoms with Crippen molar-refractivity contribution in [3.63, 3.8) is 0 Å². The van der Waals surface area contributed by atoms with Crippen LogP contribution in [0.3, 0.4) is 0 Å². The van der Waals surface area contributed by atoms with E-state index in [1.54, 1.807) is 0 Å². The molecule has 0 N–H and O–H groups in total. The van der Waals surface area contributed by atoms with E-state index in [1.165, 1.54) is 0 Å². The van der Waals surface area contributed by atoms with Gasteiger partial charge in [0.15, 0.2) is 5.78 Å². The van der Waals surface area contributed by atoms with Crippen LogP contribution in [0.25, 0.3) is 0 Å². The highest BCUT2D eigenvalue weighted by Gasteiger charge is 2.30. The van der Waals surface area contributed by atoms with Crippen LogP contribution in [-0.4, -0.2) is 18.4 Å². The molecule has 0 amide bonds. The molecule has 0 spiro atoms. The van der Waals surface area contributed by atoms with Gasteiger partial charge in [0.2, 0.25) is 0 Å². The summed E-state index contributed by atoms with van der Waals surface area (Å²) < 4.78 is 5.51. The van der Waals surface area contributed by atoms with Crippen LogP contribution >= 0.6 is 0 Å². The zero-order valence-corrected chi connectivity index (χ0v) is 19.5. The van der Waals surface area contributed by atoms with Gasteiger partial charge in [-0.05, 0) is 47.5 Å². The lowest BCUT2D eigenvalue weighted by Gasteiger charge is -2.25. The first kappa shape index (κ1) is 22.6. The maximum Gasteiger partial charge on any atom is 0.306 e. The fourth-order valence-corrected chi connectivity index (χ4v) is 4.69. The van der Waals surface area contributed by atoms with Crippen molar-refractivity contribution in [3.05, 3.63) is 126 Å². The molecule has 35 heavy (non-hydrogen) atoms. The van der Waals surface area contributed by atoms with Gasteiger partial charge >= 0.3 is 5.97 Å². The summed E-state index contributed by atoms with van der Waals surface area (Å²) in [6, 6.07) is 36.4. The first-order chi connectivity index (χ1) is 17.2. The van der Waals surface area contributed by atoms with E-state index < -0.39 is 0 Å². The van der Waals surface area contributed by atoms with Crippen LogP contribution in [0.2, 0.25) is 0 Å². The molecule has 0 heterocycles. The number of para-hydroxylation sites is 2. The maximum atomic E-state index is 12.4. The van der Waals surface area contributed by atoms with Crippen LogP contribution in [0.5, 0.6) is 0 Å². The molecule has 0 fully saturated rings. The van der Waals surface area contributed by atoms with Crippen LogP contribution in [0.4, 0.5) is 17.1 Å². The van der Waals surface area contributed by atoms with Gasteiger partial charge < -0.3 is 9.64 Å². The molecule has 0 aromatic heterocycles. The summed E-state index contributed by atoms with van der Waals surface area (Å²) in [5.41, 5.74) is 6.05. The summed E-state index contributed by atoms with van der Waals surface area (Å²) >= 11 is 0. The fourth-order valence-electron chi connectivity index (χ4n) is 4.69. The number of ether oxygens (including phenoxy) is 1. The molecule has 1 aliphatic carbocycles. The van der Waals surface area contributed by atoms with Gasteiger partial charge in [-0.3, -0.25) is 9.59 Å². The van der Waals surface area contributed by atoms with Crippen molar-refractivity contribution in [2.45, 2.75) is 25.2 Å². The summed E-state index contributed by atoms with van der Waals surface area (Å²) in [7, 11) is 0. The topological polar surface area (TPSA) is 46.6 Å². The van der Waals surface area contributed by atoms with Crippen LogP contribution in [0.1, 0.15) is 40.2 Å². The van der Waals surface area contributed by atoms with E-state index in [2.05, 4.69) is 53.4 Å². The second kappa shape index (κ2) is 10.4. The number of benzene rings is 4. The maximum absolute atomic E-state index is 12.4. The molecule has 1 unspecified atom stereocenters. The minimum absolute atomic E-state index is 0.0764. The molecule has 0 aliphatic heterocycles. The van der Waals surface area contributed by atoms with Crippen molar-refractivity contribution in [2.75, 3.05) is 11.5 Å². The lowest BCUT2D eigenvalue weighted by molar-refractivity contribution is -0.143. The molecular weight excluding hydrogens is 434 g/mol. The number of ketones is 1. The van der Waals surface area contributed by atoms with Gasteiger partial charge in [-0.1, -0.05) is 72.8 Å². The summed E-state index contributed by atoms with van der Waals surface area (Å²) in [5.74, 6) is -0.221. The van der Waals surface area contributed by atoms with E-state index >= 15 is 0 Å². The Morgan fingerprint density at radius 2 is 1.31 bits per heavy atom. The molecular formula is C31H27NO3. The second-order valence-electron chi connectivity index (χ2n) is 8.76. The number of hydrogen-bond acceptors (Lipinski definition) is 4. The van der Waals surface area contributed by atoms with Crippen molar-refractivity contribution in [3.8, 4) is 0 Å². The Labute approximate surface area is 205 Å². The van der Waals surface area contributed by atoms with Crippen molar-refractivity contribution < 1.29 is 14.3 Å². The van der Waals surface area contributed by atoms with Gasteiger partial charge in [-0.15, -0.1) is 0 Å². The van der Waals surface area contributed by atoms with E-state index in [-0.39, 0.29) is 24.1 Å². The minimum atomic E-state index is -0.254. The zero-order chi connectivity index (χ0) is 24.0. The third-order valence-electron chi connectivity index (χ3n) is 6.42. The lowest BCUT2D eigenvalue weighted by atomic mass is 9.98. The quantitative estimate of drug-likeness (QED) is 0.265. The molecule has 174 valence electrons. The van der Waals surface area contributed by atoms with Crippen molar-refractivity contribution in [1.29, 1.82) is 0 Å².